The summed E-state index contributed by atoms with van der Waals surface area (Å²) in [5, 5.41) is 3.18. The van der Waals surface area contributed by atoms with Crippen molar-refractivity contribution in [1.29, 1.82) is 0 Å². The zero-order valence-corrected chi connectivity index (χ0v) is 12.1. The Labute approximate surface area is 123 Å². The fraction of sp³-hybridized carbons (Fsp3) is 0.133. The lowest BCUT2D eigenvalue weighted by Gasteiger charge is -2.18. The summed E-state index contributed by atoms with van der Waals surface area (Å²) in [5.74, 6) is -0.317. The van der Waals surface area contributed by atoms with Crippen molar-refractivity contribution < 1.29 is 4.79 Å². The number of nitrogen functional groups attached to an aromatic ring is 1. The molecule has 2 rings (SSSR count). The summed E-state index contributed by atoms with van der Waals surface area (Å²) in [4.78, 5) is 14.3. The Morgan fingerprint density at radius 1 is 1.15 bits per heavy atom. The van der Waals surface area contributed by atoms with Gasteiger partial charge in [0.2, 0.25) is 0 Å². The average molecular weight is 290 g/mol. The van der Waals surface area contributed by atoms with Gasteiger partial charge in [0.15, 0.2) is 0 Å². The SMILES string of the molecule is CN(C)c1ccccc1NC(=O)c1c(N)cccc1Cl. The molecule has 0 aliphatic carbocycles. The quantitative estimate of drug-likeness (QED) is 0.853. The molecule has 0 fully saturated rings. The number of hydrogen-bond acceptors (Lipinski definition) is 3. The number of carbonyl (C=O) groups excluding carboxylic acids is 1. The van der Waals surface area contributed by atoms with Crippen LogP contribution in [0.25, 0.3) is 0 Å². The van der Waals surface area contributed by atoms with Crippen LogP contribution in [0, 0.1) is 0 Å². The van der Waals surface area contributed by atoms with Gasteiger partial charge in [-0.05, 0) is 24.3 Å². The van der Waals surface area contributed by atoms with Crippen molar-refractivity contribution in [3.8, 4) is 0 Å². The molecule has 1 amide bonds. The van der Waals surface area contributed by atoms with E-state index in [-0.39, 0.29) is 5.91 Å². The van der Waals surface area contributed by atoms with Crippen molar-refractivity contribution in [2.75, 3.05) is 30.0 Å². The Morgan fingerprint density at radius 3 is 2.50 bits per heavy atom. The number of hydrogen-bond donors (Lipinski definition) is 2. The summed E-state index contributed by atoms with van der Waals surface area (Å²) >= 11 is 6.04. The molecular formula is C15H16ClN3O. The van der Waals surface area contributed by atoms with E-state index in [1.807, 2.05) is 43.3 Å². The van der Waals surface area contributed by atoms with Crippen LogP contribution in [0.1, 0.15) is 10.4 Å². The summed E-state index contributed by atoms with van der Waals surface area (Å²) in [6.45, 7) is 0. The molecule has 0 spiro atoms. The van der Waals surface area contributed by atoms with Crippen molar-refractivity contribution in [1.82, 2.24) is 0 Å². The molecule has 0 saturated carbocycles. The fourth-order valence-corrected chi connectivity index (χ4v) is 2.20. The van der Waals surface area contributed by atoms with Crippen LogP contribution in [0.3, 0.4) is 0 Å². The molecule has 0 radical (unpaired) electrons. The van der Waals surface area contributed by atoms with Crippen molar-refractivity contribution in [2.24, 2.45) is 0 Å². The second kappa shape index (κ2) is 5.84. The second-order valence-electron chi connectivity index (χ2n) is 4.57. The Hall–Kier alpha value is -2.20. The minimum Gasteiger partial charge on any atom is -0.398 e. The van der Waals surface area contributed by atoms with Crippen LogP contribution in [0.2, 0.25) is 5.02 Å². The first-order valence-electron chi connectivity index (χ1n) is 6.12. The predicted molar refractivity (Wildman–Crippen MR) is 84.6 cm³/mol. The topological polar surface area (TPSA) is 58.4 Å². The first kappa shape index (κ1) is 14.2. The highest BCUT2D eigenvalue weighted by Crippen LogP contribution is 2.27. The Bertz CT molecular complexity index is 621. The highest BCUT2D eigenvalue weighted by atomic mass is 35.5. The van der Waals surface area contributed by atoms with Crippen LogP contribution in [-0.4, -0.2) is 20.0 Å². The number of carbonyl (C=O) groups is 1. The summed E-state index contributed by atoms with van der Waals surface area (Å²) in [6, 6.07) is 12.5. The van der Waals surface area contributed by atoms with Crippen molar-refractivity contribution in [3.05, 3.63) is 53.1 Å². The van der Waals surface area contributed by atoms with Crippen LogP contribution < -0.4 is 16.0 Å². The molecule has 0 aliphatic rings. The summed E-state index contributed by atoms with van der Waals surface area (Å²) in [7, 11) is 3.82. The molecule has 104 valence electrons. The van der Waals surface area contributed by atoms with E-state index in [1.54, 1.807) is 18.2 Å². The van der Waals surface area contributed by atoms with E-state index in [2.05, 4.69) is 5.32 Å². The lowest BCUT2D eigenvalue weighted by molar-refractivity contribution is 0.102. The lowest BCUT2D eigenvalue weighted by Crippen LogP contribution is -2.18. The number of nitrogens with zero attached hydrogens (tertiary/aromatic N) is 1. The molecule has 4 nitrogen and oxygen atoms in total. The van der Waals surface area contributed by atoms with Crippen LogP contribution in [-0.2, 0) is 0 Å². The van der Waals surface area contributed by atoms with E-state index in [4.69, 9.17) is 17.3 Å². The van der Waals surface area contributed by atoms with E-state index >= 15 is 0 Å². The molecular weight excluding hydrogens is 274 g/mol. The van der Waals surface area contributed by atoms with Crippen molar-refractivity contribution >= 4 is 34.6 Å². The highest BCUT2D eigenvalue weighted by molar-refractivity contribution is 6.35. The molecule has 2 aromatic rings. The summed E-state index contributed by atoms with van der Waals surface area (Å²) < 4.78 is 0. The van der Waals surface area contributed by atoms with Crippen molar-refractivity contribution in [2.45, 2.75) is 0 Å². The molecule has 0 aliphatic heterocycles. The second-order valence-corrected chi connectivity index (χ2v) is 4.98. The molecule has 5 heteroatoms. The largest absolute Gasteiger partial charge is 0.398 e. The molecule has 0 unspecified atom stereocenters. The Kier molecular flexibility index (Phi) is 4.15. The molecule has 3 N–H and O–H groups in total. The normalized spacial score (nSPS) is 10.2. The van der Waals surface area contributed by atoms with Crippen LogP contribution >= 0.6 is 11.6 Å². The van der Waals surface area contributed by atoms with E-state index < -0.39 is 0 Å². The molecule has 0 saturated heterocycles. The van der Waals surface area contributed by atoms with Crippen LogP contribution in [0.5, 0.6) is 0 Å². The molecule has 0 heterocycles. The number of halogens is 1. The molecule has 0 bridgehead atoms. The number of rotatable bonds is 3. The van der Waals surface area contributed by atoms with Gasteiger partial charge in [-0.15, -0.1) is 0 Å². The van der Waals surface area contributed by atoms with Gasteiger partial charge < -0.3 is 16.0 Å². The number of benzene rings is 2. The van der Waals surface area contributed by atoms with Gasteiger partial charge >= 0.3 is 0 Å². The van der Waals surface area contributed by atoms with Gasteiger partial charge in [-0.25, -0.2) is 0 Å². The Balaban J connectivity index is 2.33. The Morgan fingerprint density at radius 2 is 1.85 bits per heavy atom. The maximum absolute atomic E-state index is 12.3. The highest BCUT2D eigenvalue weighted by Gasteiger charge is 2.15. The third-order valence-electron chi connectivity index (χ3n) is 2.91. The zero-order valence-electron chi connectivity index (χ0n) is 11.4. The van der Waals surface area contributed by atoms with Gasteiger partial charge in [-0.2, -0.15) is 0 Å². The van der Waals surface area contributed by atoms with Crippen LogP contribution in [0.4, 0.5) is 17.1 Å². The van der Waals surface area contributed by atoms with Gasteiger partial charge in [-0.3, -0.25) is 4.79 Å². The lowest BCUT2D eigenvalue weighted by atomic mass is 10.1. The molecule has 0 atom stereocenters. The van der Waals surface area contributed by atoms with Gasteiger partial charge in [0.05, 0.1) is 22.0 Å². The van der Waals surface area contributed by atoms with Crippen LogP contribution in [0.15, 0.2) is 42.5 Å². The smallest absolute Gasteiger partial charge is 0.259 e. The van der Waals surface area contributed by atoms with Crippen molar-refractivity contribution in [3.63, 3.8) is 0 Å². The first-order chi connectivity index (χ1) is 9.50. The van der Waals surface area contributed by atoms with E-state index in [9.17, 15) is 4.79 Å². The number of amides is 1. The maximum Gasteiger partial charge on any atom is 0.259 e. The number of anilines is 3. The summed E-state index contributed by atoms with van der Waals surface area (Å²) in [5.41, 5.74) is 8.09. The standard InChI is InChI=1S/C15H16ClN3O/c1-19(2)13-9-4-3-8-12(13)18-15(20)14-10(16)6-5-7-11(14)17/h3-9H,17H2,1-2H3,(H,18,20). The van der Waals surface area contributed by atoms with E-state index in [0.717, 1.165) is 5.69 Å². The summed E-state index contributed by atoms with van der Waals surface area (Å²) in [6.07, 6.45) is 0. The minimum atomic E-state index is -0.317. The van der Waals surface area contributed by atoms with E-state index in [0.29, 0.717) is 22.0 Å². The van der Waals surface area contributed by atoms with Gasteiger partial charge in [-0.1, -0.05) is 29.8 Å². The predicted octanol–water partition coefficient (Wildman–Crippen LogP) is 3.24. The fourth-order valence-electron chi connectivity index (χ4n) is 1.93. The first-order valence-corrected chi connectivity index (χ1v) is 6.50. The number of nitrogens with one attached hydrogen (secondary N) is 1. The zero-order chi connectivity index (χ0) is 14.7. The van der Waals surface area contributed by atoms with Gasteiger partial charge in [0, 0.05) is 19.8 Å². The van der Waals surface area contributed by atoms with Gasteiger partial charge in [0.25, 0.3) is 5.91 Å². The van der Waals surface area contributed by atoms with Gasteiger partial charge in [0.1, 0.15) is 0 Å². The molecule has 0 aromatic heterocycles. The third-order valence-corrected chi connectivity index (χ3v) is 3.22. The average Bonchev–Trinajstić information content (AvgIpc) is 2.38. The maximum atomic E-state index is 12.3. The minimum absolute atomic E-state index is 0.294. The number of nitrogens with two attached hydrogens (primary N) is 1. The molecule has 2 aromatic carbocycles. The third kappa shape index (κ3) is 2.86. The van der Waals surface area contributed by atoms with E-state index in [1.165, 1.54) is 0 Å². The number of para-hydroxylation sites is 2. The monoisotopic (exact) mass is 289 g/mol. The molecule has 20 heavy (non-hydrogen) atoms.